The smallest absolute Gasteiger partial charge is 0.262 e. The molecule has 222 valence electrons. The van der Waals surface area contributed by atoms with Gasteiger partial charge >= 0.3 is 0 Å². The molecule has 3 aromatic carbocycles. The van der Waals surface area contributed by atoms with E-state index in [0.717, 1.165) is 34.0 Å². The summed E-state index contributed by atoms with van der Waals surface area (Å²) in [6, 6.07) is 30.0. The zero-order valence-electron chi connectivity index (χ0n) is 24.0. The van der Waals surface area contributed by atoms with Crippen LogP contribution in [-0.4, -0.2) is 27.2 Å². The molecule has 10 heteroatoms. The molecular weight excluding hydrogens is 613 g/mol. The van der Waals surface area contributed by atoms with E-state index in [4.69, 9.17) is 40.2 Å². The Morgan fingerprint density at radius 1 is 0.977 bits per heavy atom. The van der Waals surface area contributed by atoms with Crippen LogP contribution in [0.2, 0.25) is 10.0 Å². The van der Waals surface area contributed by atoms with Gasteiger partial charge in [0, 0.05) is 34.0 Å². The number of para-hydroxylation sites is 1. The summed E-state index contributed by atoms with van der Waals surface area (Å²) in [5, 5.41) is 8.14. The van der Waals surface area contributed by atoms with Crippen LogP contribution >= 0.6 is 35.4 Å². The highest BCUT2D eigenvalue weighted by atomic mass is 35.5. The van der Waals surface area contributed by atoms with Crippen molar-refractivity contribution in [2.75, 3.05) is 16.8 Å². The van der Waals surface area contributed by atoms with Crippen molar-refractivity contribution < 1.29 is 9.53 Å². The molecule has 1 fully saturated rings. The predicted octanol–water partition coefficient (Wildman–Crippen LogP) is 7.99. The van der Waals surface area contributed by atoms with Crippen molar-refractivity contribution in [3.05, 3.63) is 136 Å². The Hall–Kier alpha value is -4.37. The van der Waals surface area contributed by atoms with E-state index in [1.54, 1.807) is 12.3 Å². The number of nitrogens with zero attached hydrogens (tertiary/aromatic N) is 3. The third-order valence-electron chi connectivity index (χ3n) is 7.58. The first-order chi connectivity index (χ1) is 21.3. The molecule has 0 radical (unpaired) electrons. The molecule has 2 unspecified atom stereocenters. The number of thiocarbonyl (C=S) groups is 1. The third-order valence-corrected chi connectivity index (χ3v) is 8.43. The maximum atomic E-state index is 12.5. The normalized spacial score (nSPS) is 16.1. The second-order valence-electron chi connectivity index (χ2n) is 10.5. The number of amides is 1. The summed E-state index contributed by atoms with van der Waals surface area (Å²) in [5.41, 5.74) is 6.38. The lowest BCUT2D eigenvalue weighted by molar-refractivity contribution is -0.118. The van der Waals surface area contributed by atoms with E-state index in [9.17, 15) is 4.79 Å². The Morgan fingerprint density at radius 2 is 1.73 bits per heavy atom. The van der Waals surface area contributed by atoms with E-state index in [-0.39, 0.29) is 24.6 Å². The molecule has 0 spiro atoms. The predicted molar refractivity (Wildman–Crippen MR) is 180 cm³/mol. The first-order valence-electron chi connectivity index (χ1n) is 14.0. The number of ether oxygens (including phenoxy) is 1. The molecule has 0 bridgehead atoms. The van der Waals surface area contributed by atoms with Gasteiger partial charge in [-0.15, -0.1) is 0 Å². The largest absolute Gasteiger partial charge is 0.484 e. The third kappa shape index (κ3) is 6.01. The van der Waals surface area contributed by atoms with Crippen molar-refractivity contribution in [2.24, 2.45) is 0 Å². The molecule has 6 rings (SSSR count). The van der Waals surface area contributed by atoms with Gasteiger partial charge in [0.25, 0.3) is 5.91 Å². The quantitative estimate of drug-likeness (QED) is 0.167. The van der Waals surface area contributed by atoms with Crippen molar-refractivity contribution in [3.63, 3.8) is 0 Å². The van der Waals surface area contributed by atoms with Crippen LogP contribution in [0.25, 0.3) is 5.69 Å². The number of hydrogen-bond acceptors (Lipinski definition) is 4. The molecule has 1 saturated heterocycles. The molecule has 3 heterocycles. The van der Waals surface area contributed by atoms with Crippen molar-refractivity contribution in [3.8, 4) is 11.4 Å². The summed E-state index contributed by atoms with van der Waals surface area (Å²) in [6.07, 6.45) is 1.79. The Morgan fingerprint density at radius 3 is 2.43 bits per heavy atom. The van der Waals surface area contributed by atoms with Crippen molar-refractivity contribution >= 4 is 57.8 Å². The van der Waals surface area contributed by atoms with Crippen LogP contribution in [0, 0.1) is 13.8 Å². The number of rotatable bonds is 8. The molecule has 44 heavy (non-hydrogen) atoms. The monoisotopic (exact) mass is 641 g/mol. The van der Waals surface area contributed by atoms with Crippen LogP contribution in [0.1, 0.15) is 34.7 Å². The summed E-state index contributed by atoms with van der Waals surface area (Å²) in [6.45, 7) is 4.05. The molecule has 2 atom stereocenters. The fraction of sp³-hybridized carbons (Fsp3) is 0.147. The summed E-state index contributed by atoms with van der Waals surface area (Å²) >= 11 is 18.8. The standard InChI is InChI=1S/C34H29Cl2N5O2S/c1-21-18-27(22(2)40(21)30-16-11-23(35)19-28(30)36)33-32(29-10-6-7-17-37-29)39-34(44)41(33)25-14-12-24(13-15-25)38-31(42)20-43-26-8-4-3-5-9-26/h3-19,32-33H,20H2,1-2H3,(H,38,42)(H,39,44). The highest BCUT2D eigenvalue weighted by Crippen LogP contribution is 2.44. The first-order valence-corrected chi connectivity index (χ1v) is 15.2. The Bertz CT molecular complexity index is 1810. The zero-order chi connectivity index (χ0) is 30.8. The van der Waals surface area contributed by atoms with Gasteiger partial charge in [-0.2, -0.15) is 0 Å². The van der Waals surface area contributed by atoms with E-state index >= 15 is 0 Å². The molecule has 5 aromatic rings. The molecule has 1 aliphatic rings. The summed E-state index contributed by atoms with van der Waals surface area (Å²) in [7, 11) is 0. The average molecular weight is 643 g/mol. The van der Waals surface area contributed by atoms with E-state index < -0.39 is 0 Å². The Balaban J connectivity index is 1.32. The van der Waals surface area contributed by atoms with Gasteiger partial charge < -0.3 is 24.8 Å². The molecule has 7 nitrogen and oxygen atoms in total. The van der Waals surface area contributed by atoms with Crippen LogP contribution < -0.4 is 20.3 Å². The number of anilines is 2. The molecule has 1 aliphatic heterocycles. The van der Waals surface area contributed by atoms with Crippen LogP contribution in [0.5, 0.6) is 5.75 Å². The van der Waals surface area contributed by atoms with Crippen molar-refractivity contribution in [1.82, 2.24) is 14.9 Å². The highest BCUT2D eigenvalue weighted by molar-refractivity contribution is 7.80. The number of carbonyl (C=O) groups excluding carboxylic acids is 1. The Labute approximate surface area is 271 Å². The number of aromatic nitrogens is 2. The number of pyridine rings is 1. The minimum Gasteiger partial charge on any atom is -0.484 e. The van der Waals surface area contributed by atoms with Gasteiger partial charge in [-0.1, -0.05) is 47.5 Å². The number of nitrogens with one attached hydrogen (secondary N) is 2. The van der Waals surface area contributed by atoms with E-state index in [1.807, 2.05) is 84.9 Å². The van der Waals surface area contributed by atoms with Gasteiger partial charge in [0.1, 0.15) is 5.75 Å². The SMILES string of the molecule is Cc1cc(C2C(c3ccccn3)NC(=S)N2c2ccc(NC(=O)COc3ccccc3)cc2)c(C)n1-c1ccc(Cl)cc1Cl. The minimum atomic E-state index is -0.249. The molecule has 0 aliphatic carbocycles. The number of halogens is 2. The van der Waals surface area contributed by atoms with Gasteiger partial charge in [0.2, 0.25) is 0 Å². The number of carbonyl (C=O) groups is 1. The zero-order valence-corrected chi connectivity index (χ0v) is 26.3. The van der Waals surface area contributed by atoms with E-state index in [2.05, 4.69) is 45.0 Å². The fourth-order valence-corrected chi connectivity index (χ4v) is 6.48. The number of aryl methyl sites for hydroxylation is 1. The Kier molecular flexibility index (Phi) is 8.57. The second-order valence-corrected chi connectivity index (χ2v) is 11.7. The van der Waals surface area contributed by atoms with Gasteiger partial charge in [-0.3, -0.25) is 9.78 Å². The summed E-state index contributed by atoms with van der Waals surface area (Å²) < 4.78 is 7.71. The molecule has 0 saturated carbocycles. The van der Waals surface area contributed by atoms with Crippen LogP contribution in [0.4, 0.5) is 11.4 Å². The lowest BCUT2D eigenvalue weighted by Gasteiger charge is -2.28. The maximum Gasteiger partial charge on any atom is 0.262 e. The van der Waals surface area contributed by atoms with Gasteiger partial charge in [0.05, 0.1) is 28.5 Å². The molecule has 1 amide bonds. The molecular formula is C34H29Cl2N5O2S. The van der Waals surface area contributed by atoms with Crippen LogP contribution in [-0.2, 0) is 4.79 Å². The van der Waals surface area contributed by atoms with E-state index in [1.165, 1.54) is 0 Å². The lowest BCUT2D eigenvalue weighted by Crippen LogP contribution is -2.29. The van der Waals surface area contributed by atoms with Gasteiger partial charge in [-0.25, -0.2) is 0 Å². The summed E-state index contributed by atoms with van der Waals surface area (Å²) in [4.78, 5) is 19.3. The molecule has 2 N–H and O–H groups in total. The number of benzene rings is 3. The van der Waals surface area contributed by atoms with Crippen LogP contribution in [0.3, 0.4) is 0 Å². The average Bonchev–Trinajstić information content (AvgIpc) is 3.52. The summed E-state index contributed by atoms with van der Waals surface area (Å²) in [5.74, 6) is 0.389. The maximum absolute atomic E-state index is 12.5. The van der Waals surface area contributed by atoms with Crippen LogP contribution in [0.15, 0.2) is 103 Å². The van der Waals surface area contributed by atoms with Gasteiger partial charge in [0.15, 0.2) is 11.7 Å². The van der Waals surface area contributed by atoms with Gasteiger partial charge in [-0.05, 0) is 104 Å². The minimum absolute atomic E-state index is 0.0903. The fourth-order valence-electron chi connectivity index (χ4n) is 5.64. The van der Waals surface area contributed by atoms with E-state index in [0.29, 0.717) is 26.6 Å². The topological polar surface area (TPSA) is 71.4 Å². The van der Waals surface area contributed by atoms with Crippen molar-refractivity contribution in [2.45, 2.75) is 25.9 Å². The lowest BCUT2D eigenvalue weighted by atomic mass is 9.96. The molecule has 2 aromatic heterocycles. The highest BCUT2D eigenvalue weighted by Gasteiger charge is 2.42. The van der Waals surface area contributed by atoms with Crippen molar-refractivity contribution in [1.29, 1.82) is 0 Å². The number of hydrogen-bond donors (Lipinski definition) is 2. The second kappa shape index (κ2) is 12.7. The first kappa shape index (κ1) is 29.7.